The number of hydrogen-bond acceptors (Lipinski definition) is 4. The van der Waals surface area contributed by atoms with Crippen molar-refractivity contribution in [1.29, 1.82) is 0 Å². The number of hydrogen-bond donors (Lipinski definition) is 0. The van der Waals surface area contributed by atoms with Gasteiger partial charge in [0.05, 0.1) is 13.7 Å². The second-order valence-corrected chi connectivity index (χ2v) is 18.4. The van der Waals surface area contributed by atoms with Crippen LogP contribution >= 0.6 is 0 Å². The van der Waals surface area contributed by atoms with Gasteiger partial charge in [0.15, 0.2) is 8.32 Å². The number of ether oxygens (including phenoxy) is 1. The van der Waals surface area contributed by atoms with Crippen LogP contribution in [-0.2, 0) is 9.84 Å². The van der Waals surface area contributed by atoms with E-state index in [2.05, 4.69) is 69.1 Å². The highest BCUT2D eigenvalue weighted by molar-refractivity contribution is 6.74. The highest BCUT2D eigenvalue weighted by Gasteiger charge is 2.52. The van der Waals surface area contributed by atoms with E-state index >= 15 is 0 Å². The van der Waals surface area contributed by atoms with Crippen molar-refractivity contribution in [2.45, 2.75) is 82.8 Å². The van der Waals surface area contributed by atoms with Crippen LogP contribution in [0.15, 0.2) is 42.5 Å². The quantitative estimate of drug-likeness (QED) is 0.248. The van der Waals surface area contributed by atoms with E-state index in [-0.39, 0.29) is 10.5 Å². The van der Waals surface area contributed by atoms with Gasteiger partial charge in [-0.05, 0) is 122 Å². The van der Waals surface area contributed by atoms with Crippen molar-refractivity contribution in [2.75, 3.05) is 25.2 Å². The van der Waals surface area contributed by atoms with Crippen molar-refractivity contribution >= 4 is 26.0 Å². The van der Waals surface area contributed by atoms with Crippen LogP contribution in [0.3, 0.4) is 0 Å². The van der Waals surface area contributed by atoms with E-state index in [1.807, 2.05) is 19.2 Å². The molecule has 37 heavy (non-hydrogen) atoms. The molecule has 0 atom stereocenters. The van der Waals surface area contributed by atoms with Crippen LogP contribution in [0.2, 0.25) is 18.1 Å². The zero-order chi connectivity index (χ0) is 26.4. The summed E-state index contributed by atoms with van der Waals surface area (Å²) in [5, 5.41) is 0.176. The molecule has 2 aromatic rings. The molecule has 0 N–H and O–H groups in total. The smallest absolute Gasteiger partial charge is 0.192 e. The third kappa shape index (κ3) is 5.14. The number of carbonyl (C=O) groups excluding carboxylic acids is 1. The highest BCUT2D eigenvalue weighted by atomic mass is 28.4. The van der Waals surface area contributed by atoms with Crippen molar-refractivity contribution < 1.29 is 14.0 Å². The summed E-state index contributed by atoms with van der Waals surface area (Å²) in [5.74, 6) is 3.68. The Labute approximate surface area is 224 Å². The predicted octanol–water partition coefficient (Wildman–Crippen LogP) is 8.14. The zero-order valence-corrected chi connectivity index (χ0v) is 24.7. The monoisotopic (exact) mass is 519 g/mol. The number of anilines is 2. The maximum absolute atomic E-state index is 11.3. The first-order valence-electron chi connectivity index (χ1n) is 14.2. The molecule has 0 amide bonds. The summed E-state index contributed by atoms with van der Waals surface area (Å²) in [5.41, 5.74) is 4.63. The first-order chi connectivity index (χ1) is 17.5. The Morgan fingerprint density at radius 3 is 2.03 bits per heavy atom. The van der Waals surface area contributed by atoms with Gasteiger partial charge in [0, 0.05) is 29.0 Å². The largest absolute Gasteiger partial charge is 0.496 e. The Kier molecular flexibility index (Phi) is 7.08. The van der Waals surface area contributed by atoms with Gasteiger partial charge < -0.3 is 14.1 Å². The molecule has 0 radical (unpaired) electrons. The normalized spacial score (nSPS) is 26.8. The van der Waals surface area contributed by atoms with Crippen LogP contribution in [0.5, 0.6) is 5.75 Å². The number of carbonyl (C=O) groups is 1. The molecule has 0 aromatic heterocycles. The fourth-order valence-electron chi connectivity index (χ4n) is 7.47. The molecule has 4 aliphatic carbocycles. The van der Waals surface area contributed by atoms with Crippen molar-refractivity contribution in [3.63, 3.8) is 0 Å². The molecule has 0 saturated heterocycles. The molecular formula is C32H45NO3Si. The van der Waals surface area contributed by atoms with Crippen molar-refractivity contribution in [2.24, 2.45) is 17.8 Å². The molecule has 6 rings (SSSR count). The highest BCUT2D eigenvalue weighted by Crippen LogP contribution is 2.62. The molecule has 0 heterocycles. The Morgan fingerprint density at radius 1 is 0.946 bits per heavy atom. The lowest BCUT2D eigenvalue weighted by atomic mass is 9.48. The standard InChI is InChI=1S/C32H45NO3Si/c1-31(2,3)37(5,6)36-14-13-33(27-9-7-23(22-34)8-10-27)28-11-12-30(35-4)29(18-28)32-19-24-15-25(20-32)17-26(16-24)21-32/h7-12,18,22,24-26H,13-17,19-21H2,1-6H3. The number of aldehydes is 1. The predicted molar refractivity (Wildman–Crippen MR) is 155 cm³/mol. The third-order valence-corrected chi connectivity index (χ3v) is 14.6. The molecule has 4 aliphatic rings. The molecule has 5 heteroatoms. The van der Waals surface area contributed by atoms with Crippen LogP contribution in [0, 0.1) is 17.8 Å². The van der Waals surface area contributed by atoms with Crippen LogP contribution in [0.4, 0.5) is 11.4 Å². The number of benzene rings is 2. The SMILES string of the molecule is COc1ccc(N(CCO[Si](C)(C)C(C)(C)C)c2ccc(C=O)cc2)cc1C12CC3CC(CC(C3)C1)C2. The van der Waals surface area contributed by atoms with Crippen LogP contribution in [-0.4, -0.2) is 34.9 Å². The lowest BCUT2D eigenvalue weighted by molar-refractivity contribution is -0.00613. The Hall–Kier alpha value is -2.11. The van der Waals surface area contributed by atoms with E-state index in [9.17, 15) is 4.79 Å². The first-order valence-corrected chi connectivity index (χ1v) is 17.1. The minimum absolute atomic E-state index is 0.176. The summed E-state index contributed by atoms with van der Waals surface area (Å²) < 4.78 is 12.6. The molecule has 0 spiro atoms. The van der Waals surface area contributed by atoms with Gasteiger partial charge in [-0.2, -0.15) is 0 Å². The van der Waals surface area contributed by atoms with E-state index < -0.39 is 8.32 Å². The Balaban J connectivity index is 1.49. The van der Waals surface area contributed by atoms with Gasteiger partial charge >= 0.3 is 0 Å². The average molecular weight is 520 g/mol. The van der Waals surface area contributed by atoms with E-state index in [0.29, 0.717) is 12.2 Å². The summed E-state index contributed by atoms with van der Waals surface area (Å²) in [6.45, 7) is 12.9. The van der Waals surface area contributed by atoms with Gasteiger partial charge in [-0.1, -0.05) is 20.8 Å². The van der Waals surface area contributed by atoms with E-state index in [0.717, 1.165) is 42.0 Å². The topological polar surface area (TPSA) is 38.8 Å². The molecule has 4 fully saturated rings. The van der Waals surface area contributed by atoms with Crippen molar-refractivity contribution in [1.82, 2.24) is 0 Å². The minimum atomic E-state index is -1.85. The van der Waals surface area contributed by atoms with Crippen LogP contribution < -0.4 is 9.64 Å². The summed E-state index contributed by atoms with van der Waals surface area (Å²) >= 11 is 0. The maximum Gasteiger partial charge on any atom is 0.192 e. The third-order valence-electron chi connectivity index (χ3n) is 10.0. The van der Waals surface area contributed by atoms with Crippen LogP contribution in [0.25, 0.3) is 0 Å². The first kappa shape index (κ1) is 26.5. The number of rotatable bonds is 9. The molecular weight excluding hydrogens is 474 g/mol. The second-order valence-electron chi connectivity index (χ2n) is 13.6. The summed E-state index contributed by atoms with van der Waals surface area (Å²) in [6, 6.07) is 14.7. The second kappa shape index (κ2) is 9.89. The van der Waals surface area contributed by atoms with Gasteiger partial charge in [0.1, 0.15) is 12.0 Å². The zero-order valence-electron chi connectivity index (χ0n) is 23.7. The average Bonchev–Trinajstić information content (AvgIpc) is 2.85. The number of methoxy groups -OCH3 is 1. The Bertz CT molecular complexity index is 1080. The molecule has 0 aliphatic heterocycles. The van der Waals surface area contributed by atoms with Gasteiger partial charge in [0.2, 0.25) is 0 Å². The van der Waals surface area contributed by atoms with Crippen molar-refractivity contribution in [3.8, 4) is 5.75 Å². The van der Waals surface area contributed by atoms with Gasteiger partial charge in [-0.15, -0.1) is 0 Å². The molecule has 4 nitrogen and oxygen atoms in total. The minimum Gasteiger partial charge on any atom is -0.496 e. The summed E-state index contributed by atoms with van der Waals surface area (Å²) in [6.07, 6.45) is 9.13. The Morgan fingerprint density at radius 2 is 1.51 bits per heavy atom. The van der Waals surface area contributed by atoms with E-state index in [1.54, 1.807) is 0 Å². The summed E-state index contributed by atoms with van der Waals surface area (Å²) in [7, 11) is -0.0331. The van der Waals surface area contributed by atoms with Crippen molar-refractivity contribution in [3.05, 3.63) is 53.6 Å². The lowest BCUT2D eigenvalue weighted by Crippen LogP contribution is -2.48. The fraction of sp³-hybridized carbons (Fsp3) is 0.594. The molecule has 4 bridgehead atoms. The van der Waals surface area contributed by atoms with E-state index in [4.69, 9.17) is 9.16 Å². The van der Waals surface area contributed by atoms with Gasteiger partial charge in [-0.25, -0.2) is 0 Å². The molecule has 0 unspecified atom stereocenters. The fourth-order valence-corrected chi connectivity index (χ4v) is 8.50. The molecule has 4 saturated carbocycles. The van der Waals surface area contributed by atoms with Gasteiger partial charge in [0.25, 0.3) is 0 Å². The lowest BCUT2D eigenvalue weighted by Gasteiger charge is -2.57. The van der Waals surface area contributed by atoms with Crippen LogP contribution in [0.1, 0.15) is 75.2 Å². The molecule has 2 aromatic carbocycles. The molecule has 200 valence electrons. The number of nitrogens with zero attached hydrogens (tertiary/aromatic N) is 1. The maximum atomic E-state index is 11.3. The van der Waals surface area contributed by atoms with Gasteiger partial charge in [-0.3, -0.25) is 4.79 Å². The summed E-state index contributed by atoms with van der Waals surface area (Å²) in [4.78, 5) is 13.7. The van der Waals surface area contributed by atoms with E-state index in [1.165, 1.54) is 49.8 Å².